The van der Waals surface area contributed by atoms with Crippen molar-refractivity contribution in [2.45, 2.75) is 25.7 Å². The number of methoxy groups -OCH3 is 1. The summed E-state index contributed by atoms with van der Waals surface area (Å²) < 4.78 is 11.0. The van der Waals surface area contributed by atoms with E-state index in [1.165, 1.54) is 7.11 Å². The van der Waals surface area contributed by atoms with Crippen LogP contribution < -0.4 is 5.32 Å². The van der Waals surface area contributed by atoms with E-state index >= 15 is 0 Å². The zero-order valence-electron chi connectivity index (χ0n) is 12.4. The number of para-hydroxylation sites is 1. The van der Waals surface area contributed by atoms with Gasteiger partial charge < -0.3 is 14.5 Å². The fraction of sp³-hybridized carbons (Fsp3) is 0.375. The van der Waals surface area contributed by atoms with Crippen molar-refractivity contribution in [1.29, 1.82) is 0 Å². The van der Waals surface area contributed by atoms with E-state index in [0.717, 1.165) is 29.1 Å². The van der Waals surface area contributed by atoms with Crippen LogP contribution in [-0.4, -0.2) is 25.5 Å². The van der Waals surface area contributed by atoms with Crippen LogP contribution in [0.25, 0.3) is 11.0 Å². The summed E-state index contributed by atoms with van der Waals surface area (Å²) in [5.41, 5.74) is 0.672. The molecular formula is C16H18BrNO4. The number of nitrogens with one attached hydrogen (secondary N) is 1. The molecule has 0 bridgehead atoms. The summed E-state index contributed by atoms with van der Waals surface area (Å²) in [5.74, 6) is -0.121. The Labute approximate surface area is 137 Å². The van der Waals surface area contributed by atoms with Crippen molar-refractivity contribution >= 4 is 38.8 Å². The summed E-state index contributed by atoms with van der Waals surface area (Å²) in [6.45, 7) is 0.554. The Bertz CT molecular complexity index is 665. The zero-order chi connectivity index (χ0) is 15.9. The van der Waals surface area contributed by atoms with Gasteiger partial charge in [-0.2, -0.15) is 0 Å². The number of rotatable bonds is 7. The predicted molar refractivity (Wildman–Crippen MR) is 86.7 cm³/mol. The van der Waals surface area contributed by atoms with Gasteiger partial charge in [-0.05, 0) is 40.9 Å². The summed E-state index contributed by atoms with van der Waals surface area (Å²) in [5, 5.41) is 3.70. The number of amides is 1. The van der Waals surface area contributed by atoms with Crippen LogP contribution in [0.2, 0.25) is 0 Å². The fourth-order valence-electron chi connectivity index (χ4n) is 2.10. The van der Waals surface area contributed by atoms with E-state index in [1.54, 1.807) is 6.07 Å². The number of carbonyl (C=O) groups is 2. The molecule has 0 saturated heterocycles. The molecule has 1 aromatic heterocycles. The van der Waals surface area contributed by atoms with Gasteiger partial charge in [0.1, 0.15) is 5.58 Å². The van der Waals surface area contributed by atoms with E-state index in [9.17, 15) is 9.59 Å². The summed E-state index contributed by atoms with van der Waals surface area (Å²) in [6.07, 6.45) is 2.86. The lowest BCUT2D eigenvalue weighted by Gasteiger charge is -2.03. The average Bonchev–Trinajstić information content (AvgIpc) is 2.96. The van der Waals surface area contributed by atoms with E-state index in [2.05, 4.69) is 26.0 Å². The van der Waals surface area contributed by atoms with Gasteiger partial charge in [-0.1, -0.05) is 18.6 Å². The topological polar surface area (TPSA) is 68.5 Å². The number of benzene rings is 1. The number of carbonyl (C=O) groups excluding carboxylic acids is 2. The molecule has 2 aromatic rings. The second-order valence-corrected chi connectivity index (χ2v) is 5.77. The maximum atomic E-state index is 12.0. The summed E-state index contributed by atoms with van der Waals surface area (Å²) in [6, 6.07) is 7.39. The molecule has 0 atom stereocenters. The molecule has 0 unspecified atom stereocenters. The Balaban J connectivity index is 1.77. The van der Waals surface area contributed by atoms with Crippen LogP contribution in [0, 0.1) is 0 Å². The molecule has 0 aliphatic heterocycles. The third kappa shape index (κ3) is 4.34. The maximum absolute atomic E-state index is 12.0. The quantitative estimate of drug-likeness (QED) is 0.598. The molecule has 22 heavy (non-hydrogen) atoms. The molecule has 0 spiro atoms. The lowest BCUT2D eigenvalue weighted by molar-refractivity contribution is -0.140. The van der Waals surface area contributed by atoms with E-state index in [1.807, 2.05) is 18.2 Å². The highest BCUT2D eigenvalue weighted by atomic mass is 79.9. The number of ether oxygens (including phenoxy) is 1. The molecule has 0 aliphatic carbocycles. The van der Waals surface area contributed by atoms with Crippen molar-refractivity contribution in [3.05, 3.63) is 34.5 Å². The Morgan fingerprint density at radius 2 is 2.09 bits per heavy atom. The van der Waals surface area contributed by atoms with Crippen LogP contribution in [0.3, 0.4) is 0 Å². The maximum Gasteiger partial charge on any atom is 0.305 e. The van der Waals surface area contributed by atoms with Crippen LogP contribution in [-0.2, 0) is 9.53 Å². The van der Waals surface area contributed by atoms with Gasteiger partial charge in [-0.3, -0.25) is 9.59 Å². The van der Waals surface area contributed by atoms with Crippen LogP contribution in [0.1, 0.15) is 36.2 Å². The second kappa shape index (κ2) is 7.98. The number of halogens is 1. The first-order chi connectivity index (χ1) is 10.6. The molecule has 118 valence electrons. The molecule has 1 amide bonds. The number of hydrogen-bond donors (Lipinski definition) is 1. The molecule has 1 heterocycles. The Hall–Kier alpha value is -1.82. The van der Waals surface area contributed by atoms with Gasteiger partial charge in [0, 0.05) is 18.4 Å². The minimum absolute atomic E-state index is 0.197. The van der Waals surface area contributed by atoms with Gasteiger partial charge in [-0.25, -0.2) is 0 Å². The van der Waals surface area contributed by atoms with E-state index in [-0.39, 0.29) is 11.9 Å². The molecular weight excluding hydrogens is 350 g/mol. The van der Waals surface area contributed by atoms with Crippen LogP contribution in [0.5, 0.6) is 0 Å². The lowest BCUT2D eigenvalue weighted by Crippen LogP contribution is -2.23. The molecule has 0 aliphatic rings. The SMILES string of the molecule is COC(=O)CCCCCNC(=O)c1cc2cccc(Br)c2o1. The molecule has 6 heteroatoms. The first-order valence-corrected chi connectivity index (χ1v) is 7.94. The first-order valence-electron chi connectivity index (χ1n) is 7.15. The average molecular weight is 368 g/mol. The number of unbranched alkanes of at least 4 members (excludes halogenated alkanes) is 2. The van der Waals surface area contributed by atoms with Crippen molar-refractivity contribution in [2.75, 3.05) is 13.7 Å². The van der Waals surface area contributed by atoms with Crippen molar-refractivity contribution in [3.63, 3.8) is 0 Å². The third-order valence-corrected chi connectivity index (χ3v) is 3.92. The Kier molecular flexibility index (Phi) is 6.00. The van der Waals surface area contributed by atoms with Gasteiger partial charge >= 0.3 is 5.97 Å². The normalized spacial score (nSPS) is 10.6. The van der Waals surface area contributed by atoms with E-state index in [0.29, 0.717) is 24.3 Å². The first kappa shape index (κ1) is 16.5. The monoisotopic (exact) mass is 367 g/mol. The van der Waals surface area contributed by atoms with Crippen LogP contribution in [0.4, 0.5) is 0 Å². The van der Waals surface area contributed by atoms with Gasteiger partial charge in [0.15, 0.2) is 5.76 Å². The predicted octanol–water partition coefficient (Wildman–Crippen LogP) is 3.66. The number of fused-ring (bicyclic) bond motifs is 1. The van der Waals surface area contributed by atoms with Crippen molar-refractivity contribution in [2.24, 2.45) is 0 Å². The van der Waals surface area contributed by atoms with Gasteiger partial charge in [0.05, 0.1) is 11.6 Å². The van der Waals surface area contributed by atoms with Crippen molar-refractivity contribution in [1.82, 2.24) is 5.32 Å². The lowest BCUT2D eigenvalue weighted by atomic mass is 10.2. The highest BCUT2D eigenvalue weighted by molar-refractivity contribution is 9.10. The number of furan rings is 1. The van der Waals surface area contributed by atoms with Crippen molar-refractivity contribution < 1.29 is 18.7 Å². The van der Waals surface area contributed by atoms with E-state index in [4.69, 9.17) is 4.42 Å². The third-order valence-electron chi connectivity index (χ3n) is 3.29. The summed E-state index contributed by atoms with van der Waals surface area (Å²) >= 11 is 3.39. The van der Waals surface area contributed by atoms with Gasteiger partial charge in [-0.15, -0.1) is 0 Å². The minimum atomic E-state index is -0.226. The molecule has 0 radical (unpaired) electrons. The standard InChI is InChI=1S/C16H18BrNO4/c1-21-14(19)8-3-2-4-9-18-16(20)13-10-11-6-5-7-12(17)15(11)22-13/h5-7,10H,2-4,8-9H2,1H3,(H,18,20). The fourth-order valence-corrected chi connectivity index (χ4v) is 2.56. The molecule has 1 aromatic carbocycles. The number of esters is 1. The Morgan fingerprint density at radius 3 is 2.82 bits per heavy atom. The summed E-state index contributed by atoms with van der Waals surface area (Å²) in [4.78, 5) is 23.0. The van der Waals surface area contributed by atoms with Crippen LogP contribution >= 0.6 is 15.9 Å². The second-order valence-electron chi connectivity index (χ2n) is 4.91. The molecule has 0 fully saturated rings. The number of hydrogen-bond acceptors (Lipinski definition) is 4. The van der Waals surface area contributed by atoms with E-state index < -0.39 is 0 Å². The van der Waals surface area contributed by atoms with Gasteiger partial charge in [0.25, 0.3) is 5.91 Å². The largest absolute Gasteiger partial charge is 0.469 e. The Morgan fingerprint density at radius 1 is 1.27 bits per heavy atom. The summed E-state index contributed by atoms with van der Waals surface area (Å²) in [7, 11) is 1.38. The highest BCUT2D eigenvalue weighted by Gasteiger charge is 2.13. The molecule has 1 N–H and O–H groups in total. The van der Waals surface area contributed by atoms with Gasteiger partial charge in [0.2, 0.25) is 0 Å². The molecule has 0 saturated carbocycles. The molecule has 2 rings (SSSR count). The zero-order valence-corrected chi connectivity index (χ0v) is 13.9. The van der Waals surface area contributed by atoms with Crippen LogP contribution in [0.15, 0.2) is 33.2 Å². The highest BCUT2D eigenvalue weighted by Crippen LogP contribution is 2.26. The molecule has 5 nitrogen and oxygen atoms in total. The van der Waals surface area contributed by atoms with Crippen molar-refractivity contribution in [3.8, 4) is 0 Å². The smallest absolute Gasteiger partial charge is 0.305 e. The minimum Gasteiger partial charge on any atom is -0.469 e.